The standard InChI is InChI=1S/C11H18N2O/c12-8-10(4-2-1-3-5-10)11(14)6-7-13-9-11/h13-14H,1-7,9H2. The van der Waals surface area contributed by atoms with Gasteiger partial charge in [0, 0.05) is 6.54 Å². The van der Waals surface area contributed by atoms with Crippen molar-refractivity contribution in [2.45, 2.75) is 44.1 Å². The molecule has 2 rings (SSSR count). The van der Waals surface area contributed by atoms with E-state index in [1.54, 1.807) is 0 Å². The number of nitrogens with zero attached hydrogens (tertiary/aromatic N) is 1. The highest BCUT2D eigenvalue weighted by Crippen LogP contribution is 2.46. The summed E-state index contributed by atoms with van der Waals surface area (Å²) in [7, 11) is 0. The van der Waals surface area contributed by atoms with Gasteiger partial charge in [-0.25, -0.2) is 0 Å². The minimum atomic E-state index is -0.762. The van der Waals surface area contributed by atoms with Crippen LogP contribution in [0.25, 0.3) is 0 Å². The summed E-state index contributed by atoms with van der Waals surface area (Å²) in [6, 6.07) is 2.41. The summed E-state index contributed by atoms with van der Waals surface area (Å²) in [5.74, 6) is 0. The molecule has 1 unspecified atom stereocenters. The smallest absolute Gasteiger partial charge is 0.0968 e. The lowest BCUT2D eigenvalue weighted by Crippen LogP contribution is -2.50. The molecule has 1 atom stereocenters. The van der Waals surface area contributed by atoms with E-state index < -0.39 is 11.0 Å². The van der Waals surface area contributed by atoms with Crippen molar-refractivity contribution in [1.82, 2.24) is 5.32 Å². The molecule has 2 N–H and O–H groups in total. The van der Waals surface area contributed by atoms with Crippen LogP contribution in [0.1, 0.15) is 38.5 Å². The van der Waals surface area contributed by atoms with Gasteiger partial charge < -0.3 is 10.4 Å². The first kappa shape index (κ1) is 9.95. The Morgan fingerprint density at radius 2 is 1.86 bits per heavy atom. The van der Waals surface area contributed by atoms with Crippen LogP contribution in [0.4, 0.5) is 0 Å². The maximum Gasteiger partial charge on any atom is 0.0968 e. The van der Waals surface area contributed by atoms with E-state index in [-0.39, 0.29) is 0 Å². The van der Waals surface area contributed by atoms with E-state index >= 15 is 0 Å². The lowest BCUT2D eigenvalue weighted by Gasteiger charge is -2.42. The molecule has 1 saturated heterocycles. The number of aliphatic hydroxyl groups is 1. The second-order valence-corrected chi connectivity index (χ2v) is 4.71. The summed E-state index contributed by atoms with van der Waals surface area (Å²) in [6.07, 6.45) is 5.89. The molecule has 1 heterocycles. The Kier molecular flexibility index (Phi) is 2.50. The molecule has 3 heteroatoms. The average Bonchev–Trinajstić information content (AvgIpc) is 2.68. The molecule has 1 aliphatic carbocycles. The molecule has 0 bridgehead atoms. The van der Waals surface area contributed by atoms with Gasteiger partial charge in [0.1, 0.15) is 0 Å². The zero-order valence-corrected chi connectivity index (χ0v) is 8.55. The van der Waals surface area contributed by atoms with Gasteiger partial charge in [0.15, 0.2) is 0 Å². The monoisotopic (exact) mass is 194 g/mol. The van der Waals surface area contributed by atoms with E-state index in [0.29, 0.717) is 6.54 Å². The largest absolute Gasteiger partial charge is 0.387 e. The van der Waals surface area contributed by atoms with Crippen LogP contribution in [0.3, 0.4) is 0 Å². The van der Waals surface area contributed by atoms with Crippen LogP contribution in [0, 0.1) is 16.7 Å². The maximum atomic E-state index is 10.5. The van der Waals surface area contributed by atoms with Gasteiger partial charge in [0.2, 0.25) is 0 Å². The Balaban J connectivity index is 2.22. The van der Waals surface area contributed by atoms with E-state index in [0.717, 1.165) is 38.6 Å². The van der Waals surface area contributed by atoms with Gasteiger partial charge in [0.05, 0.1) is 17.1 Å². The van der Waals surface area contributed by atoms with E-state index in [2.05, 4.69) is 11.4 Å². The highest BCUT2D eigenvalue weighted by Gasteiger charge is 2.52. The predicted molar refractivity (Wildman–Crippen MR) is 53.6 cm³/mol. The van der Waals surface area contributed by atoms with Crippen LogP contribution in [-0.2, 0) is 0 Å². The Morgan fingerprint density at radius 3 is 2.36 bits per heavy atom. The molecule has 78 valence electrons. The first-order chi connectivity index (χ1) is 6.72. The first-order valence-corrected chi connectivity index (χ1v) is 5.57. The van der Waals surface area contributed by atoms with Gasteiger partial charge >= 0.3 is 0 Å². The second kappa shape index (κ2) is 3.52. The Hall–Kier alpha value is -0.590. The molecule has 0 spiro atoms. The van der Waals surface area contributed by atoms with E-state index in [1.807, 2.05) is 0 Å². The van der Waals surface area contributed by atoms with E-state index in [4.69, 9.17) is 0 Å². The van der Waals surface area contributed by atoms with Crippen molar-refractivity contribution in [3.8, 4) is 6.07 Å². The predicted octanol–water partition coefficient (Wildman–Crippen LogP) is 1.18. The topological polar surface area (TPSA) is 56.0 Å². The molecule has 2 fully saturated rings. The van der Waals surface area contributed by atoms with Crippen LogP contribution in [0.5, 0.6) is 0 Å². The van der Waals surface area contributed by atoms with Crippen molar-refractivity contribution in [2.75, 3.05) is 13.1 Å². The minimum absolute atomic E-state index is 0.464. The highest BCUT2D eigenvalue weighted by atomic mass is 16.3. The molecule has 0 aromatic carbocycles. The lowest BCUT2D eigenvalue weighted by molar-refractivity contribution is -0.0559. The Bertz CT molecular complexity index is 245. The van der Waals surface area contributed by atoms with E-state index in [1.165, 1.54) is 6.42 Å². The molecule has 0 radical (unpaired) electrons. The fourth-order valence-electron chi connectivity index (χ4n) is 2.92. The third-order valence-corrected chi connectivity index (χ3v) is 3.94. The molecule has 2 aliphatic rings. The van der Waals surface area contributed by atoms with Crippen molar-refractivity contribution in [2.24, 2.45) is 5.41 Å². The molecule has 0 aromatic rings. The van der Waals surface area contributed by atoms with Crippen molar-refractivity contribution in [3.63, 3.8) is 0 Å². The number of nitriles is 1. The first-order valence-electron chi connectivity index (χ1n) is 5.57. The van der Waals surface area contributed by atoms with E-state index in [9.17, 15) is 10.4 Å². The van der Waals surface area contributed by atoms with Crippen LogP contribution < -0.4 is 5.32 Å². The van der Waals surface area contributed by atoms with Crippen LogP contribution >= 0.6 is 0 Å². The molecule has 0 amide bonds. The van der Waals surface area contributed by atoms with Gasteiger partial charge in [-0.15, -0.1) is 0 Å². The average molecular weight is 194 g/mol. The van der Waals surface area contributed by atoms with Gasteiger partial charge in [-0.3, -0.25) is 0 Å². The number of rotatable bonds is 1. The van der Waals surface area contributed by atoms with Crippen molar-refractivity contribution < 1.29 is 5.11 Å². The Morgan fingerprint density at radius 1 is 1.14 bits per heavy atom. The van der Waals surface area contributed by atoms with Crippen LogP contribution in [0.2, 0.25) is 0 Å². The fraction of sp³-hybridized carbons (Fsp3) is 0.909. The number of nitrogens with one attached hydrogen (secondary N) is 1. The van der Waals surface area contributed by atoms with Crippen molar-refractivity contribution in [1.29, 1.82) is 5.26 Å². The van der Waals surface area contributed by atoms with Gasteiger partial charge in [0.25, 0.3) is 0 Å². The van der Waals surface area contributed by atoms with Crippen molar-refractivity contribution in [3.05, 3.63) is 0 Å². The van der Waals surface area contributed by atoms with Crippen molar-refractivity contribution >= 4 is 0 Å². The molecular formula is C11H18N2O. The summed E-state index contributed by atoms with van der Waals surface area (Å²) >= 11 is 0. The summed E-state index contributed by atoms with van der Waals surface area (Å²) in [5.41, 5.74) is -1.23. The summed E-state index contributed by atoms with van der Waals surface area (Å²) in [5, 5.41) is 23.0. The highest BCUT2D eigenvalue weighted by molar-refractivity contribution is 5.15. The maximum absolute atomic E-state index is 10.5. The number of β-amino-alcohol motifs (C(OH)–C–C–N with tert-alkyl or cyclic N) is 1. The second-order valence-electron chi connectivity index (χ2n) is 4.71. The summed E-state index contributed by atoms with van der Waals surface area (Å²) < 4.78 is 0. The third kappa shape index (κ3) is 1.34. The lowest BCUT2D eigenvalue weighted by atomic mass is 9.64. The summed E-state index contributed by atoms with van der Waals surface area (Å²) in [6.45, 7) is 1.44. The molecule has 3 nitrogen and oxygen atoms in total. The fourth-order valence-corrected chi connectivity index (χ4v) is 2.92. The number of hydrogen-bond donors (Lipinski definition) is 2. The SMILES string of the molecule is N#CC1(C2(O)CCNC2)CCCCC1. The molecule has 0 aromatic heterocycles. The van der Waals surface area contributed by atoms with Gasteiger partial charge in [-0.1, -0.05) is 19.3 Å². The zero-order chi connectivity index (χ0) is 10.1. The molecule has 14 heavy (non-hydrogen) atoms. The van der Waals surface area contributed by atoms with Crippen LogP contribution in [0.15, 0.2) is 0 Å². The number of hydrogen-bond acceptors (Lipinski definition) is 3. The normalized spacial score (nSPS) is 36.6. The molecular weight excluding hydrogens is 176 g/mol. The van der Waals surface area contributed by atoms with Crippen LogP contribution in [-0.4, -0.2) is 23.8 Å². The quantitative estimate of drug-likeness (QED) is 0.659. The van der Waals surface area contributed by atoms with Gasteiger partial charge in [-0.05, 0) is 25.8 Å². The molecule has 1 aliphatic heterocycles. The summed E-state index contributed by atoms with van der Waals surface area (Å²) in [4.78, 5) is 0. The third-order valence-electron chi connectivity index (χ3n) is 3.94. The molecule has 1 saturated carbocycles. The van der Waals surface area contributed by atoms with Gasteiger partial charge in [-0.2, -0.15) is 5.26 Å². The Labute approximate surface area is 85.1 Å². The minimum Gasteiger partial charge on any atom is -0.387 e. The zero-order valence-electron chi connectivity index (χ0n) is 8.55.